The molecule has 0 aliphatic carbocycles. The van der Waals surface area contributed by atoms with Crippen LogP contribution in [0.1, 0.15) is 28.8 Å². The van der Waals surface area contributed by atoms with E-state index in [2.05, 4.69) is 45.1 Å². The van der Waals surface area contributed by atoms with Crippen LogP contribution in [0.2, 0.25) is 0 Å². The number of nitrogens with zero attached hydrogens (tertiary/aromatic N) is 1. The van der Waals surface area contributed by atoms with Gasteiger partial charge in [0.05, 0.1) is 0 Å². The number of carbonyl (C=O) groups is 1. The summed E-state index contributed by atoms with van der Waals surface area (Å²) in [5.41, 5.74) is 2.19. The molecule has 114 valence electrons. The third-order valence-corrected chi connectivity index (χ3v) is 4.86. The SMILES string of the molecule is O=C(c1ccccc1)C1CCN(Cc2ccc(Br)cc2)CC1. The van der Waals surface area contributed by atoms with E-state index in [0.717, 1.165) is 42.5 Å². The van der Waals surface area contributed by atoms with Crippen LogP contribution < -0.4 is 0 Å². The van der Waals surface area contributed by atoms with Crippen LogP contribution in [0, 0.1) is 5.92 Å². The summed E-state index contributed by atoms with van der Waals surface area (Å²) < 4.78 is 1.11. The minimum Gasteiger partial charge on any atom is -0.299 e. The van der Waals surface area contributed by atoms with Gasteiger partial charge in [0.1, 0.15) is 0 Å². The second-order valence-electron chi connectivity index (χ2n) is 5.91. The average molecular weight is 358 g/mol. The topological polar surface area (TPSA) is 20.3 Å². The fourth-order valence-corrected chi connectivity index (χ4v) is 3.30. The van der Waals surface area contributed by atoms with E-state index in [0.29, 0.717) is 5.78 Å². The molecule has 0 spiro atoms. The number of benzene rings is 2. The molecule has 2 aromatic carbocycles. The van der Waals surface area contributed by atoms with Crippen molar-refractivity contribution in [1.82, 2.24) is 4.90 Å². The molecule has 1 aliphatic heterocycles. The Kier molecular flexibility index (Phi) is 5.06. The van der Waals surface area contributed by atoms with Crippen molar-refractivity contribution < 1.29 is 4.79 Å². The first-order chi connectivity index (χ1) is 10.7. The molecular weight excluding hydrogens is 338 g/mol. The zero-order valence-corrected chi connectivity index (χ0v) is 14.1. The summed E-state index contributed by atoms with van der Waals surface area (Å²) in [7, 11) is 0. The Balaban J connectivity index is 1.54. The fourth-order valence-electron chi connectivity index (χ4n) is 3.04. The Morgan fingerprint density at radius 3 is 2.27 bits per heavy atom. The van der Waals surface area contributed by atoms with Gasteiger partial charge in [-0.1, -0.05) is 58.4 Å². The molecule has 0 bridgehead atoms. The van der Waals surface area contributed by atoms with Gasteiger partial charge in [0, 0.05) is 22.5 Å². The van der Waals surface area contributed by atoms with Crippen LogP contribution in [0.3, 0.4) is 0 Å². The van der Waals surface area contributed by atoms with Gasteiger partial charge in [-0.2, -0.15) is 0 Å². The largest absolute Gasteiger partial charge is 0.299 e. The number of halogens is 1. The molecule has 2 aromatic rings. The van der Waals surface area contributed by atoms with E-state index in [-0.39, 0.29) is 5.92 Å². The van der Waals surface area contributed by atoms with Gasteiger partial charge in [-0.25, -0.2) is 0 Å². The lowest BCUT2D eigenvalue weighted by atomic mass is 9.89. The predicted octanol–water partition coefficient (Wildman–Crippen LogP) is 4.54. The minimum atomic E-state index is 0.184. The van der Waals surface area contributed by atoms with Crippen LogP contribution in [0.15, 0.2) is 59.1 Å². The highest BCUT2D eigenvalue weighted by Gasteiger charge is 2.25. The molecule has 1 heterocycles. The normalized spacial score (nSPS) is 16.6. The summed E-state index contributed by atoms with van der Waals surface area (Å²) in [6.07, 6.45) is 1.93. The number of rotatable bonds is 4. The van der Waals surface area contributed by atoms with Crippen LogP contribution in [-0.2, 0) is 6.54 Å². The third kappa shape index (κ3) is 3.84. The van der Waals surface area contributed by atoms with Gasteiger partial charge in [-0.3, -0.25) is 9.69 Å². The minimum absolute atomic E-state index is 0.184. The van der Waals surface area contributed by atoms with Gasteiger partial charge in [0.25, 0.3) is 0 Å². The number of Topliss-reactive ketones (excluding diaryl/α,β-unsaturated/α-hetero) is 1. The molecule has 0 saturated carbocycles. The molecule has 0 atom stereocenters. The Morgan fingerprint density at radius 1 is 1.00 bits per heavy atom. The van der Waals surface area contributed by atoms with Crippen molar-refractivity contribution in [2.45, 2.75) is 19.4 Å². The molecule has 0 amide bonds. The van der Waals surface area contributed by atoms with Crippen molar-refractivity contribution in [3.05, 3.63) is 70.2 Å². The predicted molar refractivity (Wildman–Crippen MR) is 92.9 cm³/mol. The number of carbonyl (C=O) groups excluding carboxylic acids is 1. The van der Waals surface area contributed by atoms with Crippen molar-refractivity contribution in [2.24, 2.45) is 5.92 Å². The monoisotopic (exact) mass is 357 g/mol. The number of hydrogen-bond donors (Lipinski definition) is 0. The molecule has 3 heteroatoms. The Morgan fingerprint density at radius 2 is 1.64 bits per heavy atom. The van der Waals surface area contributed by atoms with Gasteiger partial charge in [0.15, 0.2) is 5.78 Å². The molecule has 2 nitrogen and oxygen atoms in total. The van der Waals surface area contributed by atoms with Gasteiger partial charge < -0.3 is 0 Å². The van der Waals surface area contributed by atoms with E-state index in [9.17, 15) is 4.79 Å². The summed E-state index contributed by atoms with van der Waals surface area (Å²) in [5.74, 6) is 0.493. The molecule has 0 unspecified atom stereocenters. The summed E-state index contributed by atoms with van der Waals surface area (Å²) in [4.78, 5) is 14.9. The maximum absolute atomic E-state index is 12.5. The molecular formula is C19H20BrNO. The lowest BCUT2D eigenvalue weighted by Crippen LogP contribution is -2.35. The van der Waals surface area contributed by atoms with Crippen molar-refractivity contribution >= 4 is 21.7 Å². The molecule has 1 fully saturated rings. The number of piperidine rings is 1. The van der Waals surface area contributed by atoms with Crippen LogP contribution >= 0.6 is 15.9 Å². The zero-order valence-electron chi connectivity index (χ0n) is 12.5. The highest BCUT2D eigenvalue weighted by Crippen LogP contribution is 2.23. The molecule has 3 rings (SSSR count). The molecule has 0 radical (unpaired) electrons. The first-order valence-corrected chi connectivity index (χ1v) is 8.58. The van der Waals surface area contributed by atoms with E-state index in [1.807, 2.05) is 30.3 Å². The maximum Gasteiger partial charge on any atom is 0.166 e. The molecule has 1 saturated heterocycles. The van der Waals surface area contributed by atoms with Crippen molar-refractivity contribution in [3.8, 4) is 0 Å². The Labute approximate surface area is 140 Å². The van der Waals surface area contributed by atoms with Crippen molar-refractivity contribution in [2.75, 3.05) is 13.1 Å². The zero-order chi connectivity index (χ0) is 15.4. The third-order valence-electron chi connectivity index (χ3n) is 4.34. The van der Waals surface area contributed by atoms with Gasteiger partial charge in [0.2, 0.25) is 0 Å². The quantitative estimate of drug-likeness (QED) is 0.748. The second-order valence-corrected chi connectivity index (χ2v) is 6.82. The van der Waals surface area contributed by atoms with Gasteiger partial charge >= 0.3 is 0 Å². The van der Waals surface area contributed by atoms with E-state index in [1.165, 1.54) is 5.56 Å². The maximum atomic E-state index is 12.5. The second kappa shape index (κ2) is 7.21. The number of hydrogen-bond acceptors (Lipinski definition) is 2. The Hall–Kier alpha value is -1.45. The van der Waals surface area contributed by atoms with Gasteiger partial charge in [-0.15, -0.1) is 0 Å². The van der Waals surface area contributed by atoms with E-state index >= 15 is 0 Å². The van der Waals surface area contributed by atoms with Crippen LogP contribution in [-0.4, -0.2) is 23.8 Å². The van der Waals surface area contributed by atoms with Gasteiger partial charge in [-0.05, 0) is 43.6 Å². The lowest BCUT2D eigenvalue weighted by Gasteiger charge is -2.31. The van der Waals surface area contributed by atoms with E-state index < -0.39 is 0 Å². The van der Waals surface area contributed by atoms with Crippen LogP contribution in [0.4, 0.5) is 0 Å². The highest BCUT2D eigenvalue weighted by atomic mass is 79.9. The summed E-state index contributed by atoms with van der Waals surface area (Å²) in [6, 6.07) is 18.2. The van der Waals surface area contributed by atoms with Crippen LogP contribution in [0.25, 0.3) is 0 Å². The molecule has 0 N–H and O–H groups in total. The number of likely N-dealkylation sites (tertiary alicyclic amines) is 1. The summed E-state index contributed by atoms with van der Waals surface area (Å²) >= 11 is 3.47. The molecule has 0 aromatic heterocycles. The van der Waals surface area contributed by atoms with Crippen molar-refractivity contribution in [3.63, 3.8) is 0 Å². The van der Waals surface area contributed by atoms with E-state index in [1.54, 1.807) is 0 Å². The standard InChI is InChI=1S/C19H20BrNO/c20-18-8-6-15(7-9-18)14-21-12-10-17(11-13-21)19(22)16-4-2-1-3-5-16/h1-9,17H,10-14H2. The fraction of sp³-hybridized carbons (Fsp3) is 0.316. The molecule has 1 aliphatic rings. The van der Waals surface area contributed by atoms with Crippen LogP contribution in [0.5, 0.6) is 0 Å². The first-order valence-electron chi connectivity index (χ1n) is 7.78. The number of ketones is 1. The lowest BCUT2D eigenvalue weighted by molar-refractivity contribution is 0.0835. The molecule has 22 heavy (non-hydrogen) atoms. The Bertz CT molecular complexity index is 616. The average Bonchev–Trinajstić information content (AvgIpc) is 2.58. The summed E-state index contributed by atoms with van der Waals surface area (Å²) in [6.45, 7) is 2.97. The van der Waals surface area contributed by atoms with E-state index in [4.69, 9.17) is 0 Å². The summed E-state index contributed by atoms with van der Waals surface area (Å²) in [5, 5.41) is 0. The van der Waals surface area contributed by atoms with Crippen molar-refractivity contribution in [1.29, 1.82) is 0 Å². The smallest absolute Gasteiger partial charge is 0.166 e. The first kappa shape index (κ1) is 15.4. The highest BCUT2D eigenvalue weighted by molar-refractivity contribution is 9.10.